The van der Waals surface area contributed by atoms with Crippen LogP contribution in [-0.2, 0) is 0 Å². The first-order chi connectivity index (χ1) is 6.93. The lowest BCUT2D eigenvalue weighted by atomic mass is 10.2. The second-order valence-electron chi connectivity index (χ2n) is 3.61. The van der Waals surface area contributed by atoms with Crippen molar-refractivity contribution in [2.45, 2.75) is 27.7 Å². The van der Waals surface area contributed by atoms with E-state index in [0.717, 1.165) is 22.9 Å². The molecule has 1 rings (SSSR count). The van der Waals surface area contributed by atoms with Gasteiger partial charge in [-0.3, -0.25) is 0 Å². The van der Waals surface area contributed by atoms with Crippen molar-refractivity contribution in [3.63, 3.8) is 0 Å². The van der Waals surface area contributed by atoms with Crippen LogP contribution in [0.15, 0.2) is 12.7 Å². The van der Waals surface area contributed by atoms with Crippen LogP contribution < -0.4 is 4.90 Å². The van der Waals surface area contributed by atoms with E-state index < -0.39 is 0 Å². The average molecular weight is 207 g/mol. The van der Waals surface area contributed by atoms with Crippen molar-refractivity contribution in [3.05, 3.63) is 29.7 Å². The van der Waals surface area contributed by atoms with E-state index in [9.17, 15) is 0 Å². The highest BCUT2D eigenvalue weighted by molar-refractivity contribution is 5.46. The third kappa shape index (κ3) is 4.11. The third-order valence-corrected chi connectivity index (χ3v) is 1.90. The lowest BCUT2D eigenvalue weighted by molar-refractivity contribution is 0.941. The first kappa shape index (κ1) is 13.6. The first-order valence-electron chi connectivity index (χ1n) is 5.00. The van der Waals surface area contributed by atoms with Gasteiger partial charge in [-0.1, -0.05) is 6.08 Å². The first-order valence-corrected chi connectivity index (χ1v) is 5.00. The molecule has 0 aliphatic rings. The number of hydrogen-bond acceptors (Lipinski definition) is 3. The summed E-state index contributed by atoms with van der Waals surface area (Å²) in [7, 11) is 3.99. The summed E-state index contributed by atoms with van der Waals surface area (Å²) >= 11 is 0. The fourth-order valence-electron chi connectivity index (χ4n) is 1.19. The van der Waals surface area contributed by atoms with Crippen molar-refractivity contribution < 1.29 is 0 Å². The van der Waals surface area contributed by atoms with E-state index in [1.165, 1.54) is 0 Å². The van der Waals surface area contributed by atoms with Crippen LogP contribution in [0.2, 0.25) is 0 Å². The number of aromatic nitrogens is 2. The molecule has 0 amide bonds. The van der Waals surface area contributed by atoms with Crippen LogP contribution in [0.4, 0.5) is 5.82 Å². The molecule has 0 saturated carbocycles. The average Bonchev–Trinajstić information content (AvgIpc) is 2.12. The fraction of sp³-hybridized carbons (Fsp3) is 0.500. The minimum Gasteiger partial charge on any atom is -0.362 e. The summed E-state index contributed by atoms with van der Waals surface area (Å²) in [5, 5.41) is 0. The zero-order valence-corrected chi connectivity index (χ0v) is 10.6. The Bertz CT molecular complexity index is 330. The molecule has 1 aromatic rings. The molecule has 0 aliphatic carbocycles. The van der Waals surface area contributed by atoms with Gasteiger partial charge in [-0.2, -0.15) is 0 Å². The Labute approximate surface area is 92.9 Å². The van der Waals surface area contributed by atoms with Gasteiger partial charge in [0.25, 0.3) is 0 Å². The Kier molecular flexibility index (Phi) is 5.60. The summed E-state index contributed by atoms with van der Waals surface area (Å²) in [5.74, 6) is 1.85. The van der Waals surface area contributed by atoms with Crippen LogP contribution in [0.5, 0.6) is 0 Å². The summed E-state index contributed by atoms with van der Waals surface area (Å²) in [4.78, 5) is 10.6. The molecule has 3 heteroatoms. The molecule has 0 N–H and O–H groups in total. The summed E-state index contributed by atoms with van der Waals surface area (Å²) < 4.78 is 0. The number of rotatable bonds is 1. The van der Waals surface area contributed by atoms with Gasteiger partial charge in [0, 0.05) is 25.4 Å². The monoisotopic (exact) mass is 207 g/mol. The van der Waals surface area contributed by atoms with E-state index in [2.05, 4.69) is 16.5 Å². The van der Waals surface area contributed by atoms with Gasteiger partial charge in [0.05, 0.1) is 0 Å². The predicted molar refractivity (Wildman–Crippen MR) is 66.4 cm³/mol. The zero-order valence-electron chi connectivity index (χ0n) is 10.6. The molecule has 15 heavy (non-hydrogen) atoms. The van der Waals surface area contributed by atoms with Gasteiger partial charge in [0.1, 0.15) is 11.6 Å². The van der Waals surface area contributed by atoms with E-state index >= 15 is 0 Å². The zero-order chi connectivity index (χ0) is 12.0. The molecule has 0 radical (unpaired) electrons. The van der Waals surface area contributed by atoms with Crippen molar-refractivity contribution in [1.29, 1.82) is 0 Å². The second-order valence-corrected chi connectivity index (χ2v) is 3.61. The number of allylic oxidation sites excluding steroid dienone is 1. The SMILES string of the molecule is C=CC.Cc1nc(C)c(C)c(N(C)C)n1. The molecule has 3 nitrogen and oxygen atoms in total. The number of nitrogens with zero attached hydrogens (tertiary/aromatic N) is 3. The smallest absolute Gasteiger partial charge is 0.134 e. The summed E-state index contributed by atoms with van der Waals surface area (Å²) in [5.41, 5.74) is 2.22. The summed E-state index contributed by atoms with van der Waals surface area (Å²) in [6, 6.07) is 0. The molecule has 0 atom stereocenters. The van der Waals surface area contributed by atoms with E-state index in [4.69, 9.17) is 0 Å². The standard InChI is InChI=1S/C9H15N3.C3H6/c1-6-7(2)10-8(3)11-9(6)12(4)5;1-3-2/h1-5H3;3H,1H2,2H3. The van der Waals surface area contributed by atoms with Crippen LogP contribution in [-0.4, -0.2) is 24.1 Å². The maximum Gasteiger partial charge on any atom is 0.134 e. The highest BCUT2D eigenvalue weighted by atomic mass is 15.2. The number of hydrogen-bond donors (Lipinski definition) is 0. The largest absolute Gasteiger partial charge is 0.362 e. The molecule has 0 saturated heterocycles. The predicted octanol–water partition coefficient (Wildman–Crippen LogP) is 2.66. The van der Waals surface area contributed by atoms with E-state index in [0.29, 0.717) is 0 Å². The van der Waals surface area contributed by atoms with Gasteiger partial charge in [-0.25, -0.2) is 9.97 Å². The summed E-state index contributed by atoms with van der Waals surface area (Å²) in [6.45, 7) is 11.2. The molecule has 1 aromatic heterocycles. The summed E-state index contributed by atoms with van der Waals surface area (Å²) in [6.07, 6.45) is 1.75. The second kappa shape index (κ2) is 6.17. The van der Waals surface area contributed by atoms with Crippen molar-refractivity contribution in [2.75, 3.05) is 19.0 Å². The molecular formula is C12H21N3. The number of aryl methyl sites for hydroxylation is 2. The Hall–Kier alpha value is -1.38. The van der Waals surface area contributed by atoms with Gasteiger partial charge >= 0.3 is 0 Å². The van der Waals surface area contributed by atoms with Crippen molar-refractivity contribution >= 4 is 5.82 Å². The lowest BCUT2D eigenvalue weighted by Crippen LogP contribution is -2.14. The number of anilines is 1. The van der Waals surface area contributed by atoms with E-state index in [-0.39, 0.29) is 0 Å². The Morgan fingerprint density at radius 2 is 1.60 bits per heavy atom. The van der Waals surface area contributed by atoms with Crippen LogP contribution in [0.3, 0.4) is 0 Å². The molecule has 0 aromatic carbocycles. The van der Waals surface area contributed by atoms with Crippen LogP contribution in [0, 0.1) is 20.8 Å². The molecule has 0 spiro atoms. The molecule has 0 unspecified atom stereocenters. The minimum atomic E-state index is 0.835. The van der Waals surface area contributed by atoms with Gasteiger partial charge < -0.3 is 4.90 Å². The molecule has 0 aliphatic heterocycles. The van der Waals surface area contributed by atoms with Crippen LogP contribution in [0.25, 0.3) is 0 Å². The Morgan fingerprint density at radius 1 is 1.13 bits per heavy atom. The van der Waals surface area contributed by atoms with Crippen molar-refractivity contribution in [1.82, 2.24) is 9.97 Å². The van der Waals surface area contributed by atoms with Crippen LogP contribution >= 0.6 is 0 Å². The minimum absolute atomic E-state index is 0.835. The quantitative estimate of drug-likeness (QED) is 0.663. The van der Waals surface area contributed by atoms with Crippen molar-refractivity contribution in [2.24, 2.45) is 0 Å². The van der Waals surface area contributed by atoms with Gasteiger partial charge in [-0.05, 0) is 27.7 Å². The third-order valence-electron chi connectivity index (χ3n) is 1.90. The van der Waals surface area contributed by atoms with E-state index in [1.54, 1.807) is 6.08 Å². The lowest BCUT2D eigenvalue weighted by Gasteiger charge is -2.15. The van der Waals surface area contributed by atoms with Crippen molar-refractivity contribution in [3.8, 4) is 0 Å². The van der Waals surface area contributed by atoms with Gasteiger partial charge in [-0.15, -0.1) is 6.58 Å². The molecule has 0 fully saturated rings. The maximum absolute atomic E-state index is 4.35. The van der Waals surface area contributed by atoms with E-state index in [1.807, 2.05) is 46.7 Å². The Morgan fingerprint density at radius 3 is 2.00 bits per heavy atom. The topological polar surface area (TPSA) is 29.0 Å². The highest BCUT2D eigenvalue weighted by Gasteiger charge is 2.06. The normalized spacial score (nSPS) is 8.93. The molecule has 0 bridgehead atoms. The Balaban J connectivity index is 0.000000583. The maximum atomic E-state index is 4.35. The molecule has 1 heterocycles. The van der Waals surface area contributed by atoms with Gasteiger partial charge in [0.2, 0.25) is 0 Å². The fourth-order valence-corrected chi connectivity index (χ4v) is 1.19. The molecular weight excluding hydrogens is 186 g/mol. The molecule has 84 valence electrons. The van der Waals surface area contributed by atoms with Gasteiger partial charge in [0.15, 0.2) is 0 Å². The highest BCUT2D eigenvalue weighted by Crippen LogP contribution is 2.16. The van der Waals surface area contributed by atoms with Crippen LogP contribution in [0.1, 0.15) is 24.0 Å².